The summed E-state index contributed by atoms with van der Waals surface area (Å²) < 4.78 is 43.3. The van der Waals surface area contributed by atoms with E-state index in [0.29, 0.717) is 17.9 Å². The normalized spacial score (nSPS) is 18.5. The highest BCUT2D eigenvalue weighted by Crippen LogP contribution is 2.31. The minimum Gasteiger partial charge on any atom is -0.339 e. The number of alkyl halides is 3. The maximum absolute atomic E-state index is 12.7. The molecule has 1 aliphatic rings. The molecule has 0 spiro atoms. The first-order valence-electron chi connectivity index (χ1n) is 6.84. The van der Waals surface area contributed by atoms with Gasteiger partial charge in [0.15, 0.2) is 0 Å². The van der Waals surface area contributed by atoms with E-state index in [-0.39, 0.29) is 24.3 Å². The minimum atomic E-state index is -4.38. The number of hydrogen-bond donors (Lipinski definition) is 1. The van der Waals surface area contributed by atoms with Crippen molar-refractivity contribution in [3.8, 4) is 11.4 Å². The molecule has 2 heterocycles. The molecule has 1 N–H and O–H groups in total. The van der Waals surface area contributed by atoms with E-state index < -0.39 is 11.7 Å². The standard InChI is InChI=1S/C14H14F3N3OS.ClH/c15-14(16,17)10-3-1-2-9(6-10)13-19-12(21-20-13)7-11-8-22-5-4-18-11;/h1-3,6,11,18H,4-5,7-8H2;1H. The zero-order chi connectivity index (χ0) is 15.6. The lowest BCUT2D eigenvalue weighted by Crippen LogP contribution is -2.38. The molecule has 2 aromatic rings. The van der Waals surface area contributed by atoms with Crippen LogP contribution in [0.15, 0.2) is 28.8 Å². The van der Waals surface area contributed by atoms with Gasteiger partial charge in [-0.15, -0.1) is 12.4 Å². The van der Waals surface area contributed by atoms with Crippen LogP contribution >= 0.6 is 24.2 Å². The summed E-state index contributed by atoms with van der Waals surface area (Å²) in [6, 6.07) is 5.19. The van der Waals surface area contributed by atoms with E-state index >= 15 is 0 Å². The van der Waals surface area contributed by atoms with E-state index in [1.54, 1.807) is 6.07 Å². The number of rotatable bonds is 3. The van der Waals surface area contributed by atoms with Crippen molar-refractivity contribution in [2.24, 2.45) is 0 Å². The van der Waals surface area contributed by atoms with Gasteiger partial charge in [0.05, 0.1) is 5.56 Å². The van der Waals surface area contributed by atoms with Gasteiger partial charge in [-0.3, -0.25) is 0 Å². The highest BCUT2D eigenvalue weighted by Gasteiger charge is 2.30. The van der Waals surface area contributed by atoms with Crippen LogP contribution in [0.25, 0.3) is 11.4 Å². The maximum atomic E-state index is 12.7. The van der Waals surface area contributed by atoms with Crippen molar-refractivity contribution in [3.63, 3.8) is 0 Å². The average molecular weight is 366 g/mol. The zero-order valence-electron chi connectivity index (χ0n) is 12.0. The molecule has 1 fully saturated rings. The Hall–Kier alpha value is -1.25. The molecule has 3 rings (SSSR count). The SMILES string of the molecule is Cl.FC(F)(F)c1cccc(-c2noc(CC3CSCCN3)n2)c1. The quantitative estimate of drug-likeness (QED) is 0.903. The van der Waals surface area contributed by atoms with E-state index in [1.165, 1.54) is 6.07 Å². The van der Waals surface area contributed by atoms with Crippen LogP contribution in [0.2, 0.25) is 0 Å². The second-order valence-corrected chi connectivity index (χ2v) is 6.17. The Morgan fingerprint density at radius 3 is 2.87 bits per heavy atom. The monoisotopic (exact) mass is 365 g/mol. The fraction of sp³-hybridized carbons (Fsp3) is 0.429. The van der Waals surface area contributed by atoms with Gasteiger partial charge in [0.2, 0.25) is 11.7 Å². The number of halogens is 4. The highest BCUT2D eigenvalue weighted by molar-refractivity contribution is 7.99. The molecule has 126 valence electrons. The molecular weight excluding hydrogens is 351 g/mol. The fourth-order valence-electron chi connectivity index (χ4n) is 2.25. The van der Waals surface area contributed by atoms with Gasteiger partial charge in [0.25, 0.3) is 0 Å². The first-order valence-corrected chi connectivity index (χ1v) is 7.99. The van der Waals surface area contributed by atoms with Crippen molar-refractivity contribution in [2.45, 2.75) is 18.6 Å². The summed E-state index contributed by atoms with van der Waals surface area (Å²) in [5.41, 5.74) is -0.419. The van der Waals surface area contributed by atoms with Gasteiger partial charge < -0.3 is 9.84 Å². The number of hydrogen-bond acceptors (Lipinski definition) is 5. The van der Waals surface area contributed by atoms with Crippen LogP contribution in [-0.4, -0.2) is 34.2 Å². The summed E-state index contributed by atoms with van der Waals surface area (Å²) in [5, 5.41) is 7.14. The molecule has 1 saturated heterocycles. The third-order valence-electron chi connectivity index (χ3n) is 3.34. The lowest BCUT2D eigenvalue weighted by Gasteiger charge is -2.21. The first kappa shape index (κ1) is 18.1. The van der Waals surface area contributed by atoms with Crippen LogP contribution in [0.4, 0.5) is 13.2 Å². The molecule has 23 heavy (non-hydrogen) atoms. The molecule has 1 aliphatic heterocycles. The summed E-state index contributed by atoms with van der Waals surface area (Å²) in [6.07, 6.45) is -3.80. The van der Waals surface area contributed by atoms with E-state index in [9.17, 15) is 13.2 Å². The second kappa shape index (κ2) is 7.55. The fourth-order valence-corrected chi connectivity index (χ4v) is 3.20. The Kier molecular flexibility index (Phi) is 5.94. The van der Waals surface area contributed by atoms with Crippen LogP contribution in [0.5, 0.6) is 0 Å². The van der Waals surface area contributed by atoms with Crippen LogP contribution < -0.4 is 5.32 Å². The van der Waals surface area contributed by atoms with Crippen molar-refractivity contribution in [1.29, 1.82) is 0 Å². The zero-order valence-corrected chi connectivity index (χ0v) is 13.6. The number of nitrogens with one attached hydrogen (secondary N) is 1. The molecule has 0 aliphatic carbocycles. The second-order valence-electron chi connectivity index (χ2n) is 5.02. The minimum absolute atomic E-state index is 0. The molecule has 1 aromatic heterocycles. The van der Waals surface area contributed by atoms with Crippen LogP contribution in [-0.2, 0) is 12.6 Å². The number of benzene rings is 1. The number of thioether (sulfide) groups is 1. The van der Waals surface area contributed by atoms with Crippen molar-refractivity contribution in [2.75, 3.05) is 18.1 Å². The number of nitrogens with zero attached hydrogens (tertiary/aromatic N) is 2. The molecule has 4 nitrogen and oxygen atoms in total. The summed E-state index contributed by atoms with van der Waals surface area (Å²) >= 11 is 1.85. The van der Waals surface area contributed by atoms with Gasteiger partial charge in [-0.25, -0.2) is 0 Å². The van der Waals surface area contributed by atoms with Crippen molar-refractivity contribution < 1.29 is 17.7 Å². The third-order valence-corrected chi connectivity index (χ3v) is 4.47. The molecule has 0 amide bonds. The van der Waals surface area contributed by atoms with Crippen LogP contribution in [0, 0.1) is 0 Å². The molecular formula is C14H15ClF3N3OS. The van der Waals surface area contributed by atoms with Gasteiger partial charge in [0, 0.05) is 36.1 Å². The molecule has 0 saturated carbocycles. The van der Waals surface area contributed by atoms with Gasteiger partial charge in [-0.1, -0.05) is 17.3 Å². The molecule has 1 unspecified atom stereocenters. The summed E-state index contributed by atoms with van der Waals surface area (Å²) in [6.45, 7) is 0.934. The molecule has 0 bridgehead atoms. The lowest BCUT2D eigenvalue weighted by atomic mass is 10.1. The summed E-state index contributed by atoms with van der Waals surface area (Å²) in [4.78, 5) is 4.20. The van der Waals surface area contributed by atoms with Crippen molar-refractivity contribution in [3.05, 3.63) is 35.7 Å². The van der Waals surface area contributed by atoms with E-state index in [4.69, 9.17) is 4.52 Å². The van der Waals surface area contributed by atoms with E-state index in [2.05, 4.69) is 15.5 Å². The Balaban J connectivity index is 0.00000192. The number of aromatic nitrogens is 2. The average Bonchev–Trinajstić information content (AvgIpc) is 2.96. The Bertz CT molecular complexity index is 644. The predicted octanol–water partition coefficient (Wildman–Crippen LogP) is 3.42. The Morgan fingerprint density at radius 2 is 2.17 bits per heavy atom. The summed E-state index contributed by atoms with van der Waals surface area (Å²) in [7, 11) is 0. The predicted molar refractivity (Wildman–Crippen MR) is 84.8 cm³/mol. The van der Waals surface area contributed by atoms with E-state index in [1.807, 2.05) is 11.8 Å². The molecule has 9 heteroatoms. The van der Waals surface area contributed by atoms with Crippen molar-refractivity contribution in [1.82, 2.24) is 15.5 Å². The van der Waals surface area contributed by atoms with Gasteiger partial charge >= 0.3 is 6.18 Å². The highest BCUT2D eigenvalue weighted by atomic mass is 35.5. The van der Waals surface area contributed by atoms with Gasteiger partial charge in [-0.05, 0) is 12.1 Å². The summed E-state index contributed by atoms with van der Waals surface area (Å²) in [5.74, 6) is 2.66. The topological polar surface area (TPSA) is 51.0 Å². The van der Waals surface area contributed by atoms with Gasteiger partial charge in [-0.2, -0.15) is 29.9 Å². The van der Waals surface area contributed by atoms with E-state index in [0.717, 1.165) is 30.2 Å². The third kappa shape index (κ3) is 4.62. The Morgan fingerprint density at radius 1 is 1.35 bits per heavy atom. The maximum Gasteiger partial charge on any atom is 0.416 e. The lowest BCUT2D eigenvalue weighted by molar-refractivity contribution is -0.137. The molecule has 1 atom stereocenters. The first-order chi connectivity index (χ1) is 10.5. The Labute approximate surface area is 141 Å². The smallest absolute Gasteiger partial charge is 0.339 e. The van der Waals surface area contributed by atoms with Gasteiger partial charge in [0.1, 0.15) is 0 Å². The largest absolute Gasteiger partial charge is 0.416 e. The van der Waals surface area contributed by atoms with Crippen LogP contribution in [0.3, 0.4) is 0 Å². The van der Waals surface area contributed by atoms with Crippen LogP contribution in [0.1, 0.15) is 11.5 Å². The molecule has 1 aromatic carbocycles. The van der Waals surface area contributed by atoms with Crippen molar-refractivity contribution >= 4 is 24.2 Å². The molecule has 0 radical (unpaired) electrons.